The van der Waals surface area contributed by atoms with E-state index >= 15 is 0 Å². The van der Waals surface area contributed by atoms with E-state index in [1.807, 2.05) is 0 Å². The maximum atomic E-state index is 11.0. The van der Waals surface area contributed by atoms with E-state index in [4.69, 9.17) is 21.1 Å². The van der Waals surface area contributed by atoms with Gasteiger partial charge in [0.2, 0.25) is 5.82 Å². The highest BCUT2D eigenvalue weighted by Gasteiger charge is 2.26. The van der Waals surface area contributed by atoms with Gasteiger partial charge in [-0.15, -0.1) is 5.10 Å². The molecular weight excluding hydrogens is 260 g/mol. The number of aliphatic carboxylic acids is 1. The fourth-order valence-corrected chi connectivity index (χ4v) is 1.63. The number of hydrogen-bond acceptors (Lipinski definition) is 5. The molecule has 0 fully saturated rings. The normalized spacial score (nSPS) is 14.4. The summed E-state index contributed by atoms with van der Waals surface area (Å²) >= 11 is 5.68. The van der Waals surface area contributed by atoms with E-state index in [0.717, 1.165) is 0 Å². The molecule has 8 heteroatoms. The van der Waals surface area contributed by atoms with Gasteiger partial charge in [0.05, 0.1) is 12.0 Å². The second-order valence-corrected chi connectivity index (χ2v) is 4.29. The molecule has 2 heterocycles. The highest BCUT2D eigenvalue weighted by molar-refractivity contribution is 6.28. The van der Waals surface area contributed by atoms with Crippen LogP contribution in [0.5, 0.6) is 0 Å². The molecule has 0 saturated carbocycles. The summed E-state index contributed by atoms with van der Waals surface area (Å²) in [5.74, 6) is -0.795. The van der Waals surface area contributed by atoms with Crippen LogP contribution < -0.4 is 0 Å². The Hall–Kier alpha value is -1.89. The van der Waals surface area contributed by atoms with Crippen molar-refractivity contribution in [3.05, 3.63) is 17.4 Å². The number of aromatic nitrogens is 4. The molecular formula is C10H11ClN4O3. The first-order valence-electron chi connectivity index (χ1n) is 5.27. The zero-order chi connectivity index (χ0) is 13.3. The van der Waals surface area contributed by atoms with Crippen molar-refractivity contribution < 1.29 is 14.3 Å². The number of nitrogens with zero attached hydrogens (tertiary/aromatic N) is 4. The van der Waals surface area contributed by atoms with Gasteiger partial charge in [0.25, 0.3) is 0 Å². The Morgan fingerprint density at radius 3 is 2.78 bits per heavy atom. The molecule has 0 radical (unpaired) electrons. The van der Waals surface area contributed by atoms with Crippen LogP contribution in [0.1, 0.15) is 19.9 Å². The fraction of sp³-hybridized carbons (Fsp3) is 0.400. The van der Waals surface area contributed by atoms with Gasteiger partial charge in [0.15, 0.2) is 11.0 Å². The lowest BCUT2D eigenvalue weighted by atomic mass is 10.0. The lowest BCUT2D eigenvalue weighted by Crippen LogP contribution is -2.23. The summed E-state index contributed by atoms with van der Waals surface area (Å²) in [5, 5.41) is 20.4. The third-order valence-corrected chi connectivity index (χ3v) is 2.99. The number of tetrazole rings is 1. The minimum atomic E-state index is -0.915. The number of halogens is 1. The Kier molecular flexibility index (Phi) is 3.33. The van der Waals surface area contributed by atoms with E-state index in [1.165, 1.54) is 4.68 Å². The topological polar surface area (TPSA) is 94.0 Å². The average Bonchev–Trinajstić information content (AvgIpc) is 2.94. The largest absolute Gasteiger partial charge is 0.481 e. The summed E-state index contributed by atoms with van der Waals surface area (Å²) in [5.41, 5.74) is 0. The van der Waals surface area contributed by atoms with Crippen LogP contribution in [0.15, 0.2) is 16.5 Å². The van der Waals surface area contributed by atoms with Crippen LogP contribution in [-0.2, 0) is 4.79 Å². The quantitative estimate of drug-likeness (QED) is 0.911. The van der Waals surface area contributed by atoms with Crippen LogP contribution in [0.2, 0.25) is 5.22 Å². The third-order valence-electron chi connectivity index (χ3n) is 2.79. The van der Waals surface area contributed by atoms with Crippen molar-refractivity contribution in [1.29, 1.82) is 0 Å². The van der Waals surface area contributed by atoms with Gasteiger partial charge in [0.1, 0.15) is 0 Å². The van der Waals surface area contributed by atoms with Crippen LogP contribution in [0, 0.1) is 5.92 Å². The van der Waals surface area contributed by atoms with Gasteiger partial charge in [-0.3, -0.25) is 4.79 Å². The van der Waals surface area contributed by atoms with Crippen molar-refractivity contribution in [3.63, 3.8) is 0 Å². The predicted molar refractivity (Wildman–Crippen MR) is 62.0 cm³/mol. The van der Waals surface area contributed by atoms with Crippen LogP contribution in [-0.4, -0.2) is 31.3 Å². The lowest BCUT2D eigenvalue weighted by molar-refractivity contribution is -0.142. The highest BCUT2D eigenvalue weighted by atomic mass is 35.5. The van der Waals surface area contributed by atoms with Crippen molar-refractivity contribution in [2.45, 2.75) is 19.9 Å². The fourth-order valence-electron chi connectivity index (χ4n) is 1.48. The Bertz CT molecular complexity index is 565. The molecule has 1 N–H and O–H groups in total. The first-order chi connectivity index (χ1) is 8.50. The molecule has 0 bridgehead atoms. The van der Waals surface area contributed by atoms with Crippen LogP contribution in [0.25, 0.3) is 11.6 Å². The molecule has 2 atom stereocenters. The molecule has 0 saturated heterocycles. The minimum absolute atomic E-state index is 0.221. The molecule has 2 aromatic rings. The Morgan fingerprint density at radius 1 is 1.50 bits per heavy atom. The maximum Gasteiger partial charge on any atom is 0.308 e. The SMILES string of the molecule is CC(C(=O)O)C(C)n1nnnc1-c1ccc(Cl)o1. The van der Waals surface area contributed by atoms with Crippen LogP contribution in [0.4, 0.5) is 0 Å². The van der Waals surface area contributed by atoms with Crippen molar-refractivity contribution in [2.75, 3.05) is 0 Å². The molecule has 0 aliphatic rings. The number of rotatable bonds is 4. The van der Waals surface area contributed by atoms with Gasteiger partial charge in [-0.1, -0.05) is 0 Å². The summed E-state index contributed by atoms with van der Waals surface area (Å²) in [6, 6.07) is 2.79. The van der Waals surface area contributed by atoms with Gasteiger partial charge >= 0.3 is 5.97 Å². The lowest BCUT2D eigenvalue weighted by Gasteiger charge is -2.16. The predicted octanol–water partition coefficient (Wildman–Crippen LogP) is 1.87. The van der Waals surface area contributed by atoms with Gasteiger partial charge in [-0.2, -0.15) is 0 Å². The van der Waals surface area contributed by atoms with Gasteiger partial charge < -0.3 is 9.52 Å². The average molecular weight is 271 g/mol. The molecule has 7 nitrogen and oxygen atoms in total. The van der Waals surface area contributed by atoms with Crippen LogP contribution in [0.3, 0.4) is 0 Å². The van der Waals surface area contributed by atoms with Crippen molar-refractivity contribution in [2.24, 2.45) is 5.92 Å². The molecule has 18 heavy (non-hydrogen) atoms. The molecule has 0 aliphatic carbocycles. The molecule has 0 aromatic carbocycles. The molecule has 0 amide bonds. The highest BCUT2D eigenvalue weighted by Crippen LogP contribution is 2.26. The summed E-state index contributed by atoms with van der Waals surface area (Å²) in [6.45, 7) is 3.32. The Balaban J connectivity index is 2.36. The number of carboxylic acids is 1. The zero-order valence-corrected chi connectivity index (χ0v) is 10.5. The standard InChI is InChI=1S/C10H11ClN4O3/c1-5(10(16)17)6(2)15-9(12-13-14-15)7-3-4-8(11)18-7/h3-6H,1-2H3,(H,16,17). The number of hydrogen-bond donors (Lipinski definition) is 1. The van der Waals surface area contributed by atoms with Gasteiger partial charge in [-0.05, 0) is 48.0 Å². The van der Waals surface area contributed by atoms with E-state index in [2.05, 4.69) is 15.5 Å². The van der Waals surface area contributed by atoms with Gasteiger partial charge in [0, 0.05) is 0 Å². The summed E-state index contributed by atoms with van der Waals surface area (Å²) in [4.78, 5) is 11.0. The van der Waals surface area contributed by atoms with Crippen LogP contribution >= 0.6 is 11.6 Å². The maximum absolute atomic E-state index is 11.0. The zero-order valence-electron chi connectivity index (χ0n) is 9.74. The summed E-state index contributed by atoms with van der Waals surface area (Å²) in [7, 11) is 0. The molecule has 2 rings (SSSR count). The molecule has 0 spiro atoms. The van der Waals surface area contributed by atoms with Gasteiger partial charge in [-0.25, -0.2) is 4.68 Å². The molecule has 2 aromatic heterocycles. The first kappa shape index (κ1) is 12.6. The molecule has 0 aliphatic heterocycles. The summed E-state index contributed by atoms with van der Waals surface area (Å²) in [6.07, 6.45) is 0. The number of furan rings is 1. The third kappa shape index (κ3) is 2.21. The van der Waals surface area contributed by atoms with Crippen molar-refractivity contribution in [3.8, 4) is 11.6 Å². The molecule has 2 unspecified atom stereocenters. The number of carbonyl (C=O) groups is 1. The monoisotopic (exact) mass is 270 g/mol. The van der Waals surface area contributed by atoms with E-state index in [0.29, 0.717) is 11.6 Å². The van der Waals surface area contributed by atoms with Crippen molar-refractivity contribution >= 4 is 17.6 Å². The Labute approximate surface area is 107 Å². The minimum Gasteiger partial charge on any atom is -0.481 e. The molecule has 96 valence electrons. The number of carboxylic acid groups (broad SMARTS) is 1. The van der Waals surface area contributed by atoms with E-state index < -0.39 is 17.9 Å². The second-order valence-electron chi connectivity index (χ2n) is 3.92. The first-order valence-corrected chi connectivity index (χ1v) is 5.65. The van der Waals surface area contributed by atoms with Crippen molar-refractivity contribution in [1.82, 2.24) is 20.2 Å². The van der Waals surface area contributed by atoms with E-state index in [1.54, 1.807) is 26.0 Å². The smallest absolute Gasteiger partial charge is 0.308 e. The summed E-state index contributed by atoms with van der Waals surface area (Å²) < 4.78 is 6.62. The van der Waals surface area contributed by atoms with E-state index in [9.17, 15) is 4.79 Å². The Morgan fingerprint density at radius 2 is 2.22 bits per heavy atom. The van der Waals surface area contributed by atoms with E-state index in [-0.39, 0.29) is 5.22 Å². The second kappa shape index (κ2) is 4.77.